The van der Waals surface area contributed by atoms with Crippen molar-refractivity contribution in [2.75, 3.05) is 10.6 Å². The summed E-state index contributed by atoms with van der Waals surface area (Å²) >= 11 is 0. The van der Waals surface area contributed by atoms with Crippen LogP contribution in [-0.4, -0.2) is 23.9 Å². The van der Waals surface area contributed by atoms with E-state index in [1.807, 2.05) is 44.2 Å². The summed E-state index contributed by atoms with van der Waals surface area (Å²) in [5, 5.41) is 8.18. The van der Waals surface area contributed by atoms with Crippen molar-refractivity contribution in [3.8, 4) is 0 Å². The molecule has 0 aliphatic carbocycles. The first-order valence-electron chi connectivity index (χ1n) is 10.7. The van der Waals surface area contributed by atoms with Crippen LogP contribution in [0.25, 0.3) is 0 Å². The predicted octanol–water partition coefficient (Wildman–Crippen LogP) is 4.81. The van der Waals surface area contributed by atoms with Crippen LogP contribution in [-0.2, 0) is 16.1 Å². The monoisotopic (exact) mass is 449 g/mol. The van der Waals surface area contributed by atoms with E-state index in [9.17, 15) is 14.4 Å². The van der Waals surface area contributed by atoms with Crippen molar-refractivity contribution in [3.05, 3.63) is 84.3 Å². The van der Waals surface area contributed by atoms with Crippen molar-refractivity contribution in [2.45, 2.75) is 32.9 Å². The fourth-order valence-electron chi connectivity index (χ4n) is 3.05. The first-order chi connectivity index (χ1) is 16.0. The van der Waals surface area contributed by atoms with Crippen LogP contribution in [0, 0.1) is 5.92 Å². The Morgan fingerprint density at radius 2 is 1.58 bits per heavy atom. The number of anilines is 2. The highest BCUT2D eigenvalue weighted by Crippen LogP contribution is 2.17. The summed E-state index contributed by atoms with van der Waals surface area (Å²) in [5.74, 6) is -0.629. The molecule has 172 valence electrons. The number of amides is 3. The van der Waals surface area contributed by atoms with Crippen molar-refractivity contribution in [2.24, 2.45) is 5.92 Å². The summed E-state index contributed by atoms with van der Waals surface area (Å²) in [6.45, 7) is 3.94. The molecule has 3 N–H and O–H groups in total. The molecule has 0 spiro atoms. The molecule has 0 aliphatic rings. The van der Waals surface area contributed by atoms with Crippen LogP contribution in [0.2, 0.25) is 0 Å². The van der Waals surface area contributed by atoms with Gasteiger partial charge >= 0.3 is 6.09 Å². The number of rotatable bonds is 9. The lowest BCUT2D eigenvalue weighted by Crippen LogP contribution is -2.47. The minimum atomic E-state index is -0.767. The van der Waals surface area contributed by atoms with Gasteiger partial charge in [-0.05, 0) is 47.9 Å². The Morgan fingerprint density at radius 3 is 2.18 bits per heavy atom. The van der Waals surface area contributed by atoms with Gasteiger partial charge in [0.15, 0.2) is 5.76 Å². The third-order valence-corrected chi connectivity index (χ3v) is 5.14. The number of hydrogen-bond donors (Lipinski definition) is 3. The fraction of sp³-hybridized carbons (Fsp3) is 0.240. The number of benzene rings is 2. The fourth-order valence-corrected chi connectivity index (χ4v) is 3.05. The number of nitrogens with one attached hydrogen (secondary N) is 3. The maximum atomic E-state index is 12.9. The van der Waals surface area contributed by atoms with Gasteiger partial charge < -0.3 is 25.1 Å². The van der Waals surface area contributed by atoms with Crippen LogP contribution in [0.3, 0.4) is 0 Å². The van der Waals surface area contributed by atoms with E-state index in [4.69, 9.17) is 9.15 Å². The van der Waals surface area contributed by atoms with Gasteiger partial charge in [0.25, 0.3) is 5.91 Å². The number of carbonyl (C=O) groups excluding carboxylic acids is 3. The summed E-state index contributed by atoms with van der Waals surface area (Å²) in [6.07, 6.45) is 1.46. The Bertz CT molecular complexity index is 1050. The molecule has 33 heavy (non-hydrogen) atoms. The minimum absolute atomic E-state index is 0.110. The average molecular weight is 450 g/mol. The van der Waals surface area contributed by atoms with Gasteiger partial charge in [0.1, 0.15) is 12.6 Å². The molecule has 8 nitrogen and oxygen atoms in total. The molecule has 0 radical (unpaired) electrons. The molecule has 3 aromatic rings. The van der Waals surface area contributed by atoms with E-state index in [2.05, 4.69) is 16.0 Å². The van der Waals surface area contributed by atoms with E-state index in [0.717, 1.165) is 5.56 Å². The summed E-state index contributed by atoms with van der Waals surface area (Å²) in [6, 6.07) is 18.4. The van der Waals surface area contributed by atoms with Crippen molar-refractivity contribution in [3.63, 3.8) is 0 Å². The predicted molar refractivity (Wildman–Crippen MR) is 125 cm³/mol. The zero-order valence-electron chi connectivity index (χ0n) is 18.5. The molecular formula is C25H27N3O5. The maximum Gasteiger partial charge on any atom is 0.408 e. The second-order valence-electron chi connectivity index (χ2n) is 7.57. The topological polar surface area (TPSA) is 110 Å². The summed E-state index contributed by atoms with van der Waals surface area (Å²) in [4.78, 5) is 37.2. The van der Waals surface area contributed by atoms with Gasteiger partial charge in [-0.15, -0.1) is 0 Å². The zero-order chi connectivity index (χ0) is 23.6. The second-order valence-corrected chi connectivity index (χ2v) is 7.57. The Morgan fingerprint density at radius 1 is 0.909 bits per heavy atom. The quantitative estimate of drug-likeness (QED) is 0.434. The SMILES string of the molecule is CC[C@H](C)[C@H](NC(=O)OCc1ccccc1)C(=O)Nc1ccc(NC(=O)c2ccco2)cc1. The molecule has 0 unspecified atom stereocenters. The first kappa shape index (κ1) is 23.6. The normalized spacial score (nSPS) is 12.3. The van der Waals surface area contributed by atoms with Gasteiger partial charge in [-0.3, -0.25) is 9.59 Å². The number of alkyl carbamates (subject to hydrolysis) is 1. The molecule has 1 heterocycles. The van der Waals surface area contributed by atoms with Gasteiger partial charge in [0.2, 0.25) is 5.91 Å². The van der Waals surface area contributed by atoms with E-state index in [-0.39, 0.29) is 30.1 Å². The van der Waals surface area contributed by atoms with Crippen LogP contribution in [0.5, 0.6) is 0 Å². The maximum absolute atomic E-state index is 12.9. The highest BCUT2D eigenvalue weighted by Gasteiger charge is 2.26. The molecule has 0 saturated carbocycles. The Hall–Kier alpha value is -4.07. The molecule has 2 aromatic carbocycles. The molecule has 2 atom stereocenters. The number of ether oxygens (including phenoxy) is 1. The standard InChI is InChI=1S/C25H27N3O5/c1-3-17(2)22(28-25(31)33-16-18-8-5-4-6-9-18)24(30)27-20-13-11-19(12-14-20)26-23(29)21-10-7-15-32-21/h4-15,17,22H,3,16H2,1-2H3,(H,26,29)(H,27,30)(H,28,31)/t17-,22-/m0/s1. The van der Waals surface area contributed by atoms with Gasteiger partial charge in [-0.25, -0.2) is 4.79 Å². The van der Waals surface area contributed by atoms with E-state index in [0.29, 0.717) is 17.8 Å². The van der Waals surface area contributed by atoms with Crippen molar-refractivity contribution in [1.29, 1.82) is 0 Å². The van der Waals surface area contributed by atoms with Gasteiger partial charge in [-0.1, -0.05) is 50.6 Å². The van der Waals surface area contributed by atoms with Crippen LogP contribution in [0.4, 0.5) is 16.2 Å². The lowest BCUT2D eigenvalue weighted by molar-refractivity contribution is -0.119. The lowest BCUT2D eigenvalue weighted by Gasteiger charge is -2.23. The molecule has 0 fully saturated rings. The minimum Gasteiger partial charge on any atom is -0.459 e. The van der Waals surface area contributed by atoms with Gasteiger partial charge in [0, 0.05) is 11.4 Å². The van der Waals surface area contributed by atoms with Crippen LogP contribution in [0.15, 0.2) is 77.4 Å². The Balaban J connectivity index is 1.56. The third kappa shape index (κ3) is 6.96. The average Bonchev–Trinajstić information content (AvgIpc) is 3.38. The van der Waals surface area contributed by atoms with E-state index in [1.54, 1.807) is 36.4 Å². The third-order valence-electron chi connectivity index (χ3n) is 5.14. The summed E-state index contributed by atoms with van der Waals surface area (Å²) in [5.41, 5.74) is 1.94. The van der Waals surface area contributed by atoms with E-state index >= 15 is 0 Å². The Kier molecular flexibility index (Phi) is 8.24. The Labute approximate surface area is 192 Å². The van der Waals surface area contributed by atoms with E-state index in [1.165, 1.54) is 6.26 Å². The van der Waals surface area contributed by atoms with Crippen LogP contribution < -0.4 is 16.0 Å². The second kappa shape index (κ2) is 11.5. The molecule has 8 heteroatoms. The smallest absolute Gasteiger partial charge is 0.408 e. The number of furan rings is 1. The van der Waals surface area contributed by atoms with Gasteiger partial charge in [-0.2, -0.15) is 0 Å². The van der Waals surface area contributed by atoms with Crippen molar-refractivity contribution >= 4 is 29.3 Å². The molecule has 0 aliphatic heterocycles. The largest absolute Gasteiger partial charge is 0.459 e. The first-order valence-corrected chi connectivity index (χ1v) is 10.7. The molecule has 1 aromatic heterocycles. The number of hydrogen-bond acceptors (Lipinski definition) is 5. The molecule has 0 bridgehead atoms. The molecular weight excluding hydrogens is 422 g/mol. The lowest BCUT2D eigenvalue weighted by atomic mass is 9.98. The van der Waals surface area contributed by atoms with Crippen LogP contribution >= 0.6 is 0 Å². The molecule has 0 saturated heterocycles. The van der Waals surface area contributed by atoms with Crippen molar-refractivity contribution < 1.29 is 23.5 Å². The molecule has 3 rings (SSSR count). The van der Waals surface area contributed by atoms with Crippen LogP contribution in [0.1, 0.15) is 36.4 Å². The number of carbonyl (C=O) groups is 3. The van der Waals surface area contributed by atoms with Gasteiger partial charge in [0.05, 0.1) is 6.26 Å². The molecule has 3 amide bonds. The van der Waals surface area contributed by atoms with Crippen molar-refractivity contribution in [1.82, 2.24) is 5.32 Å². The highest BCUT2D eigenvalue weighted by atomic mass is 16.5. The highest BCUT2D eigenvalue weighted by molar-refractivity contribution is 6.02. The summed E-state index contributed by atoms with van der Waals surface area (Å²) < 4.78 is 10.3. The van der Waals surface area contributed by atoms with E-state index < -0.39 is 12.1 Å². The summed E-state index contributed by atoms with van der Waals surface area (Å²) in [7, 11) is 0. The zero-order valence-corrected chi connectivity index (χ0v) is 18.5.